The van der Waals surface area contributed by atoms with Crippen LogP contribution in [0, 0.1) is 0 Å². The number of carbonyl (C=O) groups excluding carboxylic acids is 1. The van der Waals surface area contributed by atoms with Crippen molar-refractivity contribution in [3.63, 3.8) is 0 Å². The van der Waals surface area contributed by atoms with Gasteiger partial charge in [-0.2, -0.15) is 0 Å². The van der Waals surface area contributed by atoms with Crippen LogP contribution in [0.4, 0.5) is 0 Å². The van der Waals surface area contributed by atoms with Gasteiger partial charge in [0, 0.05) is 18.5 Å². The predicted molar refractivity (Wildman–Crippen MR) is 81.1 cm³/mol. The molecule has 0 spiro atoms. The van der Waals surface area contributed by atoms with Crippen LogP contribution < -0.4 is 5.32 Å². The standard InChI is InChI=1S/C16H28N2O3/c19-15(17-13-6-2-1-3-7-13)12-18-11-5-4-8-14(18)9-10-16(20)21/h13-14H,1-12H2,(H,17,19)(H,20,21). The molecule has 1 atom stereocenters. The molecule has 2 fully saturated rings. The lowest BCUT2D eigenvalue weighted by Crippen LogP contribution is -2.48. The highest BCUT2D eigenvalue weighted by Gasteiger charge is 2.25. The number of hydrogen-bond donors (Lipinski definition) is 2. The van der Waals surface area contributed by atoms with Crippen LogP contribution in [0.2, 0.25) is 0 Å². The van der Waals surface area contributed by atoms with Crippen molar-refractivity contribution in [1.29, 1.82) is 0 Å². The summed E-state index contributed by atoms with van der Waals surface area (Å²) in [4.78, 5) is 25.1. The van der Waals surface area contributed by atoms with E-state index in [1.54, 1.807) is 0 Å². The molecule has 1 aliphatic heterocycles. The number of nitrogens with one attached hydrogen (secondary N) is 1. The zero-order chi connectivity index (χ0) is 15.1. The number of piperidine rings is 1. The third-order valence-electron chi connectivity index (χ3n) is 4.76. The Morgan fingerprint density at radius 3 is 2.48 bits per heavy atom. The monoisotopic (exact) mass is 296 g/mol. The summed E-state index contributed by atoms with van der Waals surface area (Å²) in [6.07, 6.45) is 10.1. The van der Waals surface area contributed by atoms with E-state index in [0.29, 0.717) is 19.0 Å². The van der Waals surface area contributed by atoms with Gasteiger partial charge >= 0.3 is 5.97 Å². The molecule has 0 radical (unpaired) electrons. The maximum absolute atomic E-state index is 12.2. The Hall–Kier alpha value is -1.10. The summed E-state index contributed by atoms with van der Waals surface area (Å²) in [5.41, 5.74) is 0. The van der Waals surface area contributed by atoms with Crippen molar-refractivity contribution in [2.24, 2.45) is 0 Å². The zero-order valence-corrected chi connectivity index (χ0v) is 12.9. The van der Waals surface area contributed by atoms with Crippen LogP contribution in [-0.4, -0.2) is 47.1 Å². The minimum atomic E-state index is -0.743. The Bertz CT molecular complexity index is 353. The summed E-state index contributed by atoms with van der Waals surface area (Å²) in [6, 6.07) is 0.612. The molecule has 21 heavy (non-hydrogen) atoms. The second-order valence-corrected chi connectivity index (χ2v) is 6.45. The number of aliphatic carboxylic acids is 1. The highest BCUT2D eigenvalue weighted by atomic mass is 16.4. The van der Waals surface area contributed by atoms with Crippen LogP contribution in [0.3, 0.4) is 0 Å². The van der Waals surface area contributed by atoms with E-state index < -0.39 is 5.97 Å². The van der Waals surface area contributed by atoms with Crippen molar-refractivity contribution in [2.75, 3.05) is 13.1 Å². The van der Waals surface area contributed by atoms with Crippen LogP contribution in [0.5, 0.6) is 0 Å². The highest BCUT2D eigenvalue weighted by molar-refractivity contribution is 5.78. The van der Waals surface area contributed by atoms with E-state index in [4.69, 9.17) is 5.11 Å². The summed E-state index contributed by atoms with van der Waals surface area (Å²) in [5, 5.41) is 12.0. The topological polar surface area (TPSA) is 69.6 Å². The van der Waals surface area contributed by atoms with Gasteiger partial charge in [0.2, 0.25) is 5.91 Å². The predicted octanol–water partition coefficient (Wildman–Crippen LogP) is 2.15. The molecule has 1 heterocycles. The maximum Gasteiger partial charge on any atom is 0.303 e. The van der Waals surface area contributed by atoms with Gasteiger partial charge in [-0.05, 0) is 38.6 Å². The van der Waals surface area contributed by atoms with Crippen molar-refractivity contribution < 1.29 is 14.7 Å². The molecule has 2 rings (SSSR count). The third kappa shape index (κ3) is 5.65. The average molecular weight is 296 g/mol. The van der Waals surface area contributed by atoms with Crippen molar-refractivity contribution in [3.05, 3.63) is 0 Å². The molecular weight excluding hydrogens is 268 g/mol. The van der Waals surface area contributed by atoms with Crippen LogP contribution in [0.1, 0.15) is 64.2 Å². The maximum atomic E-state index is 12.2. The summed E-state index contributed by atoms with van der Waals surface area (Å²) in [7, 11) is 0. The molecule has 1 unspecified atom stereocenters. The van der Waals surface area contributed by atoms with E-state index in [-0.39, 0.29) is 18.4 Å². The lowest BCUT2D eigenvalue weighted by Gasteiger charge is -2.35. The Kier molecular flexibility index (Phi) is 6.49. The van der Waals surface area contributed by atoms with Gasteiger partial charge in [-0.25, -0.2) is 0 Å². The smallest absolute Gasteiger partial charge is 0.303 e. The molecule has 2 aliphatic rings. The average Bonchev–Trinajstić information content (AvgIpc) is 2.47. The molecule has 1 aliphatic carbocycles. The lowest BCUT2D eigenvalue weighted by molar-refractivity contribution is -0.137. The van der Waals surface area contributed by atoms with E-state index in [2.05, 4.69) is 10.2 Å². The largest absolute Gasteiger partial charge is 0.481 e. The minimum Gasteiger partial charge on any atom is -0.481 e. The number of hydrogen-bond acceptors (Lipinski definition) is 3. The lowest BCUT2D eigenvalue weighted by atomic mass is 9.95. The summed E-state index contributed by atoms with van der Waals surface area (Å²) < 4.78 is 0. The SMILES string of the molecule is O=C(O)CCC1CCCCN1CC(=O)NC1CCCCC1. The molecule has 0 aromatic carbocycles. The highest BCUT2D eigenvalue weighted by Crippen LogP contribution is 2.21. The second-order valence-electron chi connectivity index (χ2n) is 6.45. The number of carbonyl (C=O) groups is 2. The fourth-order valence-corrected chi connectivity index (χ4v) is 3.59. The van der Waals surface area contributed by atoms with Crippen LogP contribution in [-0.2, 0) is 9.59 Å². The quantitative estimate of drug-likeness (QED) is 0.788. The van der Waals surface area contributed by atoms with Gasteiger partial charge in [-0.15, -0.1) is 0 Å². The molecule has 2 N–H and O–H groups in total. The molecule has 0 aromatic rings. The number of carboxylic acid groups (broad SMARTS) is 1. The molecule has 1 saturated carbocycles. The Morgan fingerprint density at radius 2 is 1.76 bits per heavy atom. The first-order valence-corrected chi connectivity index (χ1v) is 8.40. The van der Waals surface area contributed by atoms with E-state index in [1.165, 1.54) is 19.3 Å². The van der Waals surface area contributed by atoms with Gasteiger partial charge in [0.1, 0.15) is 0 Å². The molecule has 120 valence electrons. The van der Waals surface area contributed by atoms with E-state index in [0.717, 1.165) is 38.6 Å². The number of rotatable bonds is 6. The zero-order valence-electron chi connectivity index (χ0n) is 12.9. The van der Waals surface area contributed by atoms with E-state index in [1.807, 2.05) is 0 Å². The second kappa shape index (κ2) is 8.37. The Labute approximate surface area is 127 Å². The van der Waals surface area contributed by atoms with Crippen molar-refractivity contribution >= 4 is 11.9 Å². The van der Waals surface area contributed by atoms with Gasteiger partial charge in [0.05, 0.1) is 6.54 Å². The van der Waals surface area contributed by atoms with E-state index >= 15 is 0 Å². The number of likely N-dealkylation sites (tertiary alicyclic amines) is 1. The summed E-state index contributed by atoms with van der Waals surface area (Å²) >= 11 is 0. The normalized spacial score (nSPS) is 24.7. The van der Waals surface area contributed by atoms with Gasteiger partial charge in [-0.3, -0.25) is 14.5 Å². The molecule has 0 bridgehead atoms. The number of amides is 1. The van der Waals surface area contributed by atoms with Gasteiger partial charge < -0.3 is 10.4 Å². The Balaban J connectivity index is 1.77. The first kappa shape index (κ1) is 16.3. The van der Waals surface area contributed by atoms with Gasteiger partial charge in [-0.1, -0.05) is 25.7 Å². The van der Waals surface area contributed by atoms with Crippen molar-refractivity contribution in [2.45, 2.75) is 76.3 Å². The van der Waals surface area contributed by atoms with E-state index in [9.17, 15) is 9.59 Å². The van der Waals surface area contributed by atoms with Gasteiger partial charge in [0.15, 0.2) is 0 Å². The first-order chi connectivity index (χ1) is 10.1. The Morgan fingerprint density at radius 1 is 1.05 bits per heavy atom. The fraction of sp³-hybridized carbons (Fsp3) is 0.875. The summed E-state index contributed by atoms with van der Waals surface area (Å²) in [5.74, 6) is -0.628. The fourth-order valence-electron chi connectivity index (χ4n) is 3.59. The van der Waals surface area contributed by atoms with Crippen molar-refractivity contribution in [1.82, 2.24) is 10.2 Å². The number of carboxylic acids is 1. The van der Waals surface area contributed by atoms with Crippen molar-refractivity contribution in [3.8, 4) is 0 Å². The first-order valence-electron chi connectivity index (χ1n) is 8.40. The molecular formula is C16H28N2O3. The summed E-state index contributed by atoms with van der Waals surface area (Å²) in [6.45, 7) is 1.35. The molecule has 0 aromatic heterocycles. The number of nitrogens with zero attached hydrogens (tertiary/aromatic N) is 1. The molecule has 1 saturated heterocycles. The van der Waals surface area contributed by atoms with Crippen LogP contribution >= 0.6 is 0 Å². The molecule has 5 nitrogen and oxygen atoms in total. The molecule has 1 amide bonds. The van der Waals surface area contributed by atoms with Crippen LogP contribution in [0.25, 0.3) is 0 Å². The van der Waals surface area contributed by atoms with Gasteiger partial charge in [0.25, 0.3) is 0 Å². The third-order valence-corrected chi connectivity index (χ3v) is 4.76. The minimum absolute atomic E-state index is 0.115. The van der Waals surface area contributed by atoms with Crippen LogP contribution in [0.15, 0.2) is 0 Å². The molecule has 5 heteroatoms.